The molecule has 0 unspecified atom stereocenters. The molecule has 1 amide bonds. The molecule has 4 nitrogen and oxygen atoms in total. The minimum atomic E-state index is -0.451. The van der Waals surface area contributed by atoms with Crippen molar-refractivity contribution >= 4 is 23.3 Å². The first kappa shape index (κ1) is 12.4. The van der Waals surface area contributed by atoms with E-state index in [4.69, 9.17) is 11.6 Å². The molecule has 1 aromatic heterocycles. The Morgan fingerprint density at radius 2 is 2.17 bits per heavy atom. The molecule has 0 atom stereocenters. The fraction of sp³-hybridized carbons (Fsp3) is 0.0769. The van der Waals surface area contributed by atoms with Crippen LogP contribution in [0, 0.1) is 6.92 Å². The Morgan fingerprint density at radius 3 is 2.83 bits per heavy atom. The number of aromatic nitrogens is 1. The number of amides is 1. The van der Waals surface area contributed by atoms with Crippen molar-refractivity contribution in [2.24, 2.45) is 0 Å². The molecular formula is C13H11ClN2O2. The maximum absolute atomic E-state index is 11.9. The number of carbonyl (C=O) groups is 1. The number of aryl methyl sites for hydroxylation is 1. The molecule has 0 aliphatic rings. The summed E-state index contributed by atoms with van der Waals surface area (Å²) in [6, 6.07) is 8.11. The van der Waals surface area contributed by atoms with Crippen LogP contribution in [0.25, 0.3) is 0 Å². The summed E-state index contributed by atoms with van der Waals surface area (Å²) < 4.78 is 0. The third kappa shape index (κ3) is 2.60. The highest BCUT2D eigenvalue weighted by Gasteiger charge is 2.13. The lowest BCUT2D eigenvalue weighted by molar-refractivity contribution is 0.102. The number of rotatable bonds is 2. The van der Waals surface area contributed by atoms with Gasteiger partial charge in [-0.2, -0.15) is 0 Å². The highest BCUT2D eigenvalue weighted by atomic mass is 35.5. The van der Waals surface area contributed by atoms with E-state index in [0.717, 1.165) is 5.56 Å². The fourth-order valence-electron chi connectivity index (χ4n) is 1.49. The lowest BCUT2D eigenvalue weighted by atomic mass is 10.1. The summed E-state index contributed by atoms with van der Waals surface area (Å²) in [7, 11) is 0. The zero-order chi connectivity index (χ0) is 13.1. The molecule has 2 rings (SSSR count). The van der Waals surface area contributed by atoms with Gasteiger partial charge in [-0.05, 0) is 36.8 Å². The Hall–Kier alpha value is -2.07. The average molecular weight is 263 g/mol. The van der Waals surface area contributed by atoms with Crippen molar-refractivity contribution in [3.63, 3.8) is 0 Å². The van der Waals surface area contributed by atoms with E-state index in [1.54, 1.807) is 24.3 Å². The maximum Gasteiger partial charge on any atom is 0.260 e. The van der Waals surface area contributed by atoms with Crippen molar-refractivity contribution < 1.29 is 9.90 Å². The summed E-state index contributed by atoms with van der Waals surface area (Å²) >= 11 is 5.88. The Bertz CT molecular complexity index is 599. The lowest BCUT2D eigenvalue weighted by Gasteiger charge is -2.07. The number of halogens is 1. The van der Waals surface area contributed by atoms with E-state index in [1.165, 1.54) is 12.3 Å². The van der Waals surface area contributed by atoms with E-state index in [1.807, 2.05) is 6.92 Å². The summed E-state index contributed by atoms with van der Waals surface area (Å²) in [5, 5.41) is 12.6. The first-order valence-electron chi connectivity index (χ1n) is 5.29. The monoisotopic (exact) mass is 262 g/mol. The van der Waals surface area contributed by atoms with Crippen LogP contribution < -0.4 is 5.32 Å². The number of anilines is 1. The van der Waals surface area contributed by atoms with Gasteiger partial charge in [0.25, 0.3) is 5.91 Å². The van der Waals surface area contributed by atoms with E-state index in [9.17, 15) is 9.90 Å². The molecule has 1 heterocycles. The van der Waals surface area contributed by atoms with Gasteiger partial charge in [0.1, 0.15) is 5.75 Å². The van der Waals surface area contributed by atoms with Crippen LogP contribution in [-0.4, -0.2) is 16.0 Å². The summed E-state index contributed by atoms with van der Waals surface area (Å²) in [6.07, 6.45) is 1.52. The zero-order valence-corrected chi connectivity index (χ0v) is 10.4. The molecule has 0 saturated carbocycles. The van der Waals surface area contributed by atoms with Crippen molar-refractivity contribution in [2.45, 2.75) is 6.92 Å². The van der Waals surface area contributed by atoms with Gasteiger partial charge in [0.2, 0.25) is 0 Å². The van der Waals surface area contributed by atoms with Gasteiger partial charge in [-0.3, -0.25) is 4.79 Å². The Balaban J connectivity index is 2.25. The third-order valence-corrected chi connectivity index (χ3v) is 2.69. The number of hydrogen-bond acceptors (Lipinski definition) is 3. The fourth-order valence-corrected chi connectivity index (χ4v) is 1.66. The van der Waals surface area contributed by atoms with E-state index >= 15 is 0 Å². The first-order chi connectivity index (χ1) is 8.58. The molecule has 18 heavy (non-hydrogen) atoms. The normalized spacial score (nSPS) is 10.1. The number of nitrogens with one attached hydrogen (secondary N) is 1. The molecule has 2 aromatic rings. The van der Waals surface area contributed by atoms with E-state index in [2.05, 4.69) is 10.3 Å². The predicted octanol–water partition coefficient (Wildman–Crippen LogP) is 3.00. The van der Waals surface area contributed by atoms with Crippen LogP contribution in [0.4, 0.5) is 5.82 Å². The molecule has 0 aliphatic heterocycles. The van der Waals surface area contributed by atoms with Gasteiger partial charge >= 0.3 is 0 Å². The van der Waals surface area contributed by atoms with Crippen LogP contribution in [0.15, 0.2) is 36.5 Å². The van der Waals surface area contributed by atoms with Crippen LogP contribution in [-0.2, 0) is 0 Å². The standard InChI is InChI=1S/C13H11ClN2O2/c1-8-4-5-9(11(17)7-8)13(18)16-12-10(14)3-2-6-15-12/h2-7,17H,1H3,(H,15,16,18). The highest BCUT2D eigenvalue weighted by molar-refractivity contribution is 6.33. The topological polar surface area (TPSA) is 62.2 Å². The number of phenolic OH excluding ortho intramolecular Hbond substituents is 1. The van der Waals surface area contributed by atoms with E-state index < -0.39 is 5.91 Å². The molecule has 0 fully saturated rings. The van der Waals surface area contributed by atoms with Crippen LogP contribution in [0.1, 0.15) is 15.9 Å². The SMILES string of the molecule is Cc1ccc(C(=O)Nc2ncccc2Cl)c(O)c1. The van der Waals surface area contributed by atoms with Crippen LogP contribution in [0.5, 0.6) is 5.75 Å². The van der Waals surface area contributed by atoms with Gasteiger partial charge in [0, 0.05) is 6.20 Å². The third-order valence-electron chi connectivity index (χ3n) is 2.39. The van der Waals surface area contributed by atoms with Crippen molar-refractivity contribution in [3.05, 3.63) is 52.7 Å². The summed E-state index contributed by atoms with van der Waals surface area (Å²) in [5.74, 6) is -0.253. The number of benzene rings is 1. The molecule has 1 aromatic carbocycles. The average Bonchev–Trinajstić information content (AvgIpc) is 2.32. The summed E-state index contributed by atoms with van der Waals surface area (Å²) in [6.45, 7) is 1.83. The molecular weight excluding hydrogens is 252 g/mol. The molecule has 5 heteroatoms. The van der Waals surface area contributed by atoms with Crippen LogP contribution in [0.3, 0.4) is 0 Å². The van der Waals surface area contributed by atoms with Gasteiger partial charge < -0.3 is 10.4 Å². The van der Waals surface area contributed by atoms with Gasteiger partial charge in [-0.1, -0.05) is 17.7 Å². The minimum Gasteiger partial charge on any atom is -0.507 e. The second-order valence-corrected chi connectivity index (χ2v) is 4.22. The number of aromatic hydroxyl groups is 1. The molecule has 92 valence electrons. The summed E-state index contributed by atoms with van der Waals surface area (Å²) in [4.78, 5) is 15.9. The minimum absolute atomic E-state index is 0.0699. The molecule has 0 aliphatic carbocycles. The van der Waals surface area contributed by atoms with Crippen molar-refractivity contribution in [1.82, 2.24) is 4.98 Å². The predicted molar refractivity (Wildman–Crippen MR) is 70.0 cm³/mol. The Kier molecular flexibility index (Phi) is 3.48. The highest BCUT2D eigenvalue weighted by Crippen LogP contribution is 2.22. The number of nitrogens with zero attached hydrogens (tertiary/aromatic N) is 1. The quantitative estimate of drug-likeness (QED) is 0.875. The van der Waals surface area contributed by atoms with Gasteiger partial charge in [-0.25, -0.2) is 4.98 Å². The maximum atomic E-state index is 11.9. The van der Waals surface area contributed by atoms with Crippen LogP contribution >= 0.6 is 11.6 Å². The van der Waals surface area contributed by atoms with Crippen molar-refractivity contribution in [1.29, 1.82) is 0 Å². The van der Waals surface area contributed by atoms with Gasteiger partial charge in [-0.15, -0.1) is 0 Å². The second-order valence-electron chi connectivity index (χ2n) is 3.81. The largest absolute Gasteiger partial charge is 0.507 e. The van der Waals surface area contributed by atoms with Crippen molar-refractivity contribution in [3.8, 4) is 5.75 Å². The second kappa shape index (κ2) is 5.06. The zero-order valence-electron chi connectivity index (χ0n) is 9.64. The molecule has 0 bridgehead atoms. The van der Waals surface area contributed by atoms with Gasteiger partial charge in [0.15, 0.2) is 5.82 Å². The Labute approximate surface area is 109 Å². The molecule has 0 spiro atoms. The van der Waals surface area contributed by atoms with Crippen LogP contribution in [0.2, 0.25) is 5.02 Å². The summed E-state index contributed by atoms with van der Waals surface area (Å²) in [5.41, 5.74) is 1.06. The molecule has 2 N–H and O–H groups in total. The molecule has 0 radical (unpaired) electrons. The number of hydrogen-bond donors (Lipinski definition) is 2. The molecule has 0 saturated heterocycles. The number of phenols is 1. The number of pyridine rings is 1. The first-order valence-corrected chi connectivity index (χ1v) is 5.67. The van der Waals surface area contributed by atoms with E-state index in [0.29, 0.717) is 5.02 Å². The van der Waals surface area contributed by atoms with Crippen molar-refractivity contribution in [2.75, 3.05) is 5.32 Å². The lowest BCUT2D eigenvalue weighted by Crippen LogP contribution is -2.13. The smallest absolute Gasteiger partial charge is 0.260 e. The Morgan fingerprint density at radius 1 is 1.39 bits per heavy atom. The number of carbonyl (C=O) groups excluding carboxylic acids is 1. The van der Waals surface area contributed by atoms with Gasteiger partial charge in [0.05, 0.1) is 10.6 Å². The van der Waals surface area contributed by atoms with E-state index in [-0.39, 0.29) is 17.1 Å².